The van der Waals surface area contributed by atoms with E-state index >= 15 is 0 Å². The maximum atomic E-state index is 12.1. The van der Waals surface area contributed by atoms with Crippen molar-refractivity contribution in [3.8, 4) is 5.75 Å². The van der Waals surface area contributed by atoms with Crippen molar-refractivity contribution in [2.75, 3.05) is 18.5 Å². The number of esters is 1. The van der Waals surface area contributed by atoms with Crippen molar-refractivity contribution < 1.29 is 33.6 Å². The largest absolute Gasteiger partial charge is 0.444 e. The molecule has 1 saturated heterocycles. The lowest BCUT2D eigenvalue weighted by molar-refractivity contribution is -0.131. The molecule has 1 amide bonds. The van der Waals surface area contributed by atoms with Crippen LogP contribution in [-0.4, -0.2) is 46.2 Å². The van der Waals surface area contributed by atoms with E-state index in [1.807, 2.05) is 0 Å². The lowest BCUT2D eigenvalue weighted by Crippen LogP contribution is -2.29. The smallest absolute Gasteiger partial charge is 0.413 e. The topological polar surface area (TPSA) is 138 Å². The van der Waals surface area contributed by atoms with Gasteiger partial charge in [0, 0.05) is 13.1 Å². The van der Waals surface area contributed by atoms with Gasteiger partial charge < -0.3 is 24.1 Å². The SMILES string of the molecule is CC(=O)Oc1ccc(COC(=O)Nc2ccn([C@@H]3CO[C@H](CO)O3)c(=O)n2)cc1. The van der Waals surface area contributed by atoms with E-state index in [-0.39, 0.29) is 25.6 Å². The molecule has 2 N–H and O–H groups in total. The normalized spacial score (nSPS) is 18.3. The zero-order chi connectivity index (χ0) is 20.8. The van der Waals surface area contributed by atoms with E-state index in [0.717, 1.165) is 0 Å². The number of benzene rings is 1. The minimum absolute atomic E-state index is 0.0130. The quantitative estimate of drug-likeness (QED) is 0.527. The molecule has 1 aliphatic rings. The molecule has 154 valence electrons. The Morgan fingerprint density at radius 2 is 2.07 bits per heavy atom. The molecule has 0 aliphatic carbocycles. The molecule has 11 heteroatoms. The van der Waals surface area contributed by atoms with Crippen LogP contribution in [0.3, 0.4) is 0 Å². The highest BCUT2D eigenvalue weighted by Crippen LogP contribution is 2.19. The molecule has 0 spiro atoms. The summed E-state index contributed by atoms with van der Waals surface area (Å²) in [6.45, 7) is 1.04. The summed E-state index contributed by atoms with van der Waals surface area (Å²) in [7, 11) is 0. The number of ether oxygens (including phenoxy) is 4. The summed E-state index contributed by atoms with van der Waals surface area (Å²) in [4.78, 5) is 38.7. The second-order valence-electron chi connectivity index (χ2n) is 5.98. The van der Waals surface area contributed by atoms with E-state index < -0.39 is 30.3 Å². The number of aromatic nitrogens is 2. The average molecular weight is 405 g/mol. The van der Waals surface area contributed by atoms with Crippen molar-refractivity contribution in [1.29, 1.82) is 0 Å². The van der Waals surface area contributed by atoms with Gasteiger partial charge in [-0.25, -0.2) is 9.59 Å². The molecular weight excluding hydrogens is 386 g/mol. The average Bonchev–Trinajstić information content (AvgIpc) is 3.16. The maximum absolute atomic E-state index is 12.1. The van der Waals surface area contributed by atoms with Crippen molar-refractivity contribution in [2.45, 2.75) is 26.0 Å². The van der Waals surface area contributed by atoms with E-state index in [0.29, 0.717) is 11.3 Å². The Bertz CT molecular complexity index is 927. The lowest BCUT2D eigenvalue weighted by Gasteiger charge is -2.13. The minimum Gasteiger partial charge on any atom is -0.444 e. The van der Waals surface area contributed by atoms with Crippen molar-refractivity contribution in [3.05, 3.63) is 52.6 Å². The number of rotatable bonds is 6. The van der Waals surface area contributed by atoms with E-state index in [1.54, 1.807) is 24.3 Å². The number of anilines is 1. The van der Waals surface area contributed by atoms with Gasteiger partial charge in [0.15, 0.2) is 12.5 Å². The van der Waals surface area contributed by atoms with Crippen molar-refractivity contribution in [2.24, 2.45) is 0 Å². The fourth-order valence-corrected chi connectivity index (χ4v) is 2.50. The first kappa shape index (κ1) is 20.5. The van der Waals surface area contributed by atoms with Crippen LogP contribution in [0.2, 0.25) is 0 Å². The van der Waals surface area contributed by atoms with Crippen LogP contribution in [0.5, 0.6) is 5.75 Å². The first-order valence-electron chi connectivity index (χ1n) is 8.63. The second-order valence-corrected chi connectivity index (χ2v) is 5.98. The molecule has 2 atom stereocenters. The zero-order valence-corrected chi connectivity index (χ0v) is 15.4. The third-order valence-electron chi connectivity index (χ3n) is 3.81. The predicted molar refractivity (Wildman–Crippen MR) is 97.0 cm³/mol. The predicted octanol–water partition coefficient (Wildman–Crippen LogP) is 0.781. The van der Waals surface area contributed by atoms with Crippen LogP contribution in [0.1, 0.15) is 18.7 Å². The van der Waals surface area contributed by atoms with Crippen LogP contribution in [0, 0.1) is 0 Å². The summed E-state index contributed by atoms with van der Waals surface area (Å²) < 4.78 is 21.7. The molecule has 0 bridgehead atoms. The molecule has 11 nitrogen and oxygen atoms in total. The summed E-state index contributed by atoms with van der Waals surface area (Å²) in [5, 5.41) is 11.4. The molecule has 1 fully saturated rings. The van der Waals surface area contributed by atoms with Crippen molar-refractivity contribution >= 4 is 17.9 Å². The summed E-state index contributed by atoms with van der Waals surface area (Å²) in [6, 6.07) is 7.86. The molecule has 3 rings (SSSR count). The van der Waals surface area contributed by atoms with Gasteiger partial charge in [-0.2, -0.15) is 4.98 Å². The van der Waals surface area contributed by atoms with Gasteiger partial charge in [-0.15, -0.1) is 0 Å². The van der Waals surface area contributed by atoms with Gasteiger partial charge in [0.05, 0.1) is 13.2 Å². The zero-order valence-electron chi connectivity index (χ0n) is 15.4. The Morgan fingerprint density at radius 1 is 1.31 bits per heavy atom. The molecule has 0 unspecified atom stereocenters. The number of aliphatic hydroxyl groups is 1. The van der Waals surface area contributed by atoms with E-state index in [1.165, 1.54) is 23.8 Å². The summed E-state index contributed by atoms with van der Waals surface area (Å²) >= 11 is 0. The molecule has 1 aliphatic heterocycles. The standard InChI is InChI=1S/C18H19N3O8/c1-11(23)28-13-4-2-12(3-5-13)9-27-18(25)20-14-6-7-21(17(24)19-14)15-10-26-16(8-22)29-15/h2-7,15-16,22H,8-10H2,1H3,(H,19,20,24,25)/t15-,16-/m0/s1. The van der Waals surface area contributed by atoms with Crippen LogP contribution >= 0.6 is 0 Å². The lowest BCUT2D eigenvalue weighted by atomic mass is 10.2. The second kappa shape index (κ2) is 9.28. The summed E-state index contributed by atoms with van der Waals surface area (Å²) in [6.07, 6.45) is -0.891. The van der Waals surface area contributed by atoms with Gasteiger partial charge in [0.25, 0.3) is 0 Å². The third kappa shape index (κ3) is 5.60. The fourth-order valence-electron chi connectivity index (χ4n) is 2.50. The number of carbonyl (C=O) groups excluding carboxylic acids is 2. The molecule has 2 aromatic rings. The monoisotopic (exact) mass is 405 g/mol. The van der Waals surface area contributed by atoms with Crippen molar-refractivity contribution in [3.63, 3.8) is 0 Å². The van der Waals surface area contributed by atoms with Gasteiger partial charge in [-0.05, 0) is 23.8 Å². The molecule has 2 heterocycles. The van der Waals surface area contributed by atoms with Crippen LogP contribution in [0.4, 0.5) is 10.6 Å². The van der Waals surface area contributed by atoms with E-state index in [9.17, 15) is 14.4 Å². The number of aliphatic hydroxyl groups excluding tert-OH is 1. The summed E-state index contributed by atoms with van der Waals surface area (Å²) in [5.41, 5.74) is 0.0206. The molecule has 1 aromatic carbocycles. The van der Waals surface area contributed by atoms with Crippen LogP contribution in [-0.2, 0) is 25.6 Å². The minimum atomic E-state index is -0.792. The third-order valence-corrected chi connectivity index (χ3v) is 3.81. The number of nitrogens with one attached hydrogen (secondary N) is 1. The molecule has 29 heavy (non-hydrogen) atoms. The van der Waals surface area contributed by atoms with Crippen LogP contribution in [0.15, 0.2) is 41.3 Å². The molecule has 1 aromatic heterocycles. The Balaban J connectivity index is 1.52. The van der Waals surface area contributed by atoms with Crippen molar-refractivity contribution in [1.82, 2.24) is 9.55 Å². The van der Waals surface area contributed by atoms with Gasteiger partial charge in [0.2, 0.25) is 0 Å². The number of nitrogens with zero attached hydrogens (tertiary/aromatic N) is 2. The van der Waals surface area contributed by atoms with Gasteiger partial charge in [0.1, 0.15) is 18.2 Å². The Morgan fingerprint density at radius 3 is 2.69 bits per heavy atom. The van der Waals surface area contributed by atoms with Crippen LogP contribution < -0.4 is 15.7 Å². The van der Waals surface area contributed by atoms with E-state index in [4.69, 9.17) is 24.1 Å². The molecular formula is C18H19N3O8. The van der Waals surface area contributed by atoms with Crippen LogP contribution in [0.25, 0.3) is 0 Å². The maximum Gasteiger partial charge on any atom is 0.413 e. The highest BCUT2D eigenvalue weighted by atomic mass is 16.7. The highest BCUT2D eigenvalue weighted by molar-refractivity contribution is 5.83. The van der Waals surface area contributed by atoms with Gasteiger partial charge in [-0.3, -0.25) is 14.7 Å². The fraction of sp³-hybridized carbons (Fsp3) is 0.333. The van der Waals surface area contributed by atoms with Gasteiger partial charge >= 0.3 is 17.8 Å². The number of hydrogen-bond donors (Lipinski definition) is 2. The number of amides is 1. The van der Waals surface area contributed by atoms with Gasteiger partial charge in [-0.1, -0.05) is 12.1 Å². The van der Waals surface area contributed by atoms with E-state index in [2.05, 4.69) is 10.3 Å². The number of carbonyl (C=O) groups is 2. The first-order chi connectivity index (χ1) is 13.9. The molecule has 0 radical (unpaired) electrons. The Kier molecular flexibility index (Phi) is 6.54. The summed E-state index contributed by atoms with van der Waals surface area (Å²) in [5.74, 6) is -0.0282. The molecule has 0 saturated carbocycles. The highest BCUT2D eigenvalue weighted by Gasteiger charge is 2.27. The Hall–Kier alpha value is -3.28. The first-order valence-corrected chi connectivity index (χ1v) is 8.63. The Labute approximate surface area is 164 Å². The number of hydrogen-bond acceptors (Lipinski definition) is 9.